The van der Waals surface area contributed by atoms with Crippen LogP contribution in [-0.2, 0) is 27.8 Å². The van der Waals surface area contributed by atoms with Gasteiger partial charge in [0.05, 0.1) is 11.8 Å². The summed E-state index contributed by atoms with van der Waals surface area (Å²) in [5, 5.41) is 0. The monoisotopic (exact) mass is 348 g/mol. The SMILES string of the molecule is CN1C(=O)C(C)(C)c2cc(CC(=O)N3CCCc4ccccc43)ccc21. The predicted octanol–water partition coefficient (Wildman–Crippen LogP) is 3.46. The van der Waals surface area contributed by atoms with E-state index in [9.17, 15) is 9.59 Å². The van der Waals surface area contributed by atoms with Crippen LogP contribution in [0.5, 0.6) is 0 Å². The first-order chi connectivity index (χ1) is 12.4. The zero-order chi connectivity index (χ0) is 18.5. The van der Waals surface area contributed by atoms with E-state index in [-0.39, 0.29) is 11.8 Å². The number of likely N-dealkylation sites (N-methyl/N-ethyl adjacent to an activating group) is 1. The number of hydrogen-bond donors (Lipinski definition) is 0. The van der Waals surface area contributed by atoms with Crippen LogP contribution in [0.2, 0.25) is 0 Å². The summed E-state index contributed by atoms with van der Waals surface area (Å²) < 4.78 is 0. The van der Waals surface area contributed by atoms with Gasteiger partial charge >= 0.3 is 0 Å². The molecule has 2 aliphatic rings. The van der Waals surface area contributed by atoms with Crippen LogP contribution in [-0.4, -0.2) is 25.4 Å². The molecule has 0 aliphatic carbocycles. The zero-order valence-electron chi connectivity index (χ0n) is 15.6. The largest absolute Gasteiger partial charge is 0.314 e. The molecule has 0 saturated heterocycles. The Morgan fingerprint density at radius 3 is 2.69 bits per heavy atom. The number of hydrogen-bond acceptors (Lipinski definition) is 2. The molecule has 2 amide bonds. The third kappa shape index (κ3) is 2.52. The molecular weight excluding hydrogens is 324 g/mol. The van der Waals surface area contributed by atoms with Gasteiger partial charge in [0.1, 0.15) is 0 Å². The first-order valence-corrected chi connectivity index (χ1v) is 9.19. The molecule has 2 aromatic carbocycles. The third-order valence-electron chi connectivity index (χ3n) is 5.70. The molecule has 0 radical (unpaired) electrons. The molecule has 0 N–H and O–H groups in total. The van der Waals surface area contributed by atoms with E-state index in [2.05, 4.69) is 6.07 Å². The van der Waals surface area contributed by atoms with Gasteiger partial charge in [-0.25, -0.2) is 0 Å². The predicted molar refractivity (Wildman–Crippen MR) is 104 cm³/mol. The van der Waals surface area contributed by atoms with Crippen LogP contribution in [0.15, 0.2) is 42.5 Å². The maximum absolute atomic E-state index is 13.0. The molecule has 2 aromatic rings. The minimum absolute atomic E-state index is 0.0981. The molecule has 4 nitrogen and oxygen atoms in total. The molecule has 0 atom stereocenters. The quantitative estimate of drug-likeness (QED) is 0.834. The lowest BCUT2D eigenvalue weighted by Crippen LogP contribution is -2.36. The highest BCUT2D eigenvalue weighted by Crippen LogP contribution is 2.41. The Hall–Kier alpha value is -2.62. The minimum atomic E-state index is -0.541. The first-order valence-electron chi connectivity index (χ1n) is 9.19. The normalized spacial score (nSPS) is 17.9. The topological polar surface area (TPSA) is 40.6 Å². The van der Waals surface area contributed by atoms with E-state index in [4.69, 9.17) is 0 Å². The van der Waals surface area contributed by atoms with Crippen molar-refractivity contribution >= 4 is 23.2 Å². The van der Waals surface area contributed by atoms with E-state index in [1.807, 2.05) is 62.2 Å². The fourth-order valence-electron chi connectivity index (χ4n) is 4.19. The highest BCUT2D eigenvalue weighted by Gasteiger charge is 2.42. The molecule has 2 aliphatic heterocycles. The van der Waals surface area contributed by atoms with Gasteiger partial charge in [0.15, 0.2) is 0 Å². The minimum Gasteiger partial charge on any atom is -0.314 e. The lowest BCUT2D eigenvalue weighted by atomic mass is 9.85. The summed E-state index contributed by atoms with van der Waals surface area (Å²) in [5.74, 6) is 0.216. The molecule has 4 rings (SSSR count). The summed E-state index contributed by atoms with van der Waals surface area (Å²) in [6.07, 6.45) is 2.39. The molecular formula is C22H24N2O2. The number of nitrogens with zero attached hydrogens (tertiary/aromatic N) is 2. The second-order valence-corrected chi connectivity index (χ2v) is 7.80. The molecule has 2 heterocycles. The number of anilines is 2. The number of rotatable bonds is 2. The van der Waals surface area contributed by atoms with E-state index >= 15 is 0 Å². The molecule has 0 saturated carbocycles. The highest BCUT2D eigenvalue weighted by atomic mass is 16.2. The number of amides is 2. The third-order valence-corrected chi connectivity index (χ3v) is 5.70. The Morgan fingerprint density at radius 1 is 1.12 bits per heavy atom. The van der Waals surface area contributed by atoms with Crippen molar-refractivity contribution in [3.63, 3.8) is 0 Å². The van der Waals surface area contributed by atoms with Crippen molar-refractivity contribution in [2.24, 2.45) is 0 Å². The summed E-state index contributed by atoms with van der Waals surface area (Å²) in [5.41, 5.74) is 4.66. The van der Waals surface area contributed by atoms with Crippen LogP contribution in [0.3, 0.4) is 0 Å². The second-order valence-electron chi connectivity index (χ2n) is 7.80. The van der Waals surface area contributed by atoms with Gasteiger partial charge < -0.3 is 9.80 Å². The Morgan fingerprint density at radius 2 is 1.88 bits per heavy atom. The van der Waals surface area contributed by atoms with Gasteiger partial charge in [0, 0.05) is 25.0 Å². The smallest absolute Gasteiger partial charge is 0.236 e. The van der Waals surface area contributed by atoms with Crippen LogP contribution in [0.4, 0.5) is 11.4 Å². The second kappa shape index (κ2) is 5.97. The standard InChI is InChI=1S/C22H24N2O2/c1-22(2)17-13-15(10-11-19(17)23(3)21(22)26)14-20(25)24-12-6-8-16-7-4-5-9-18(16)24/h4-5,7,9-11,13H,6,8,12,14H2,1-3H3. The van der Waals surface area contributed by atoms with Gasteiger partial charge in [-0.1, -0.05) is 30.3 Å². The molecule has 26 heavy (non-hydrogen) atoms. The average Bonchev–Trinajstić information content (AvgIpc) is 2.81. The lowest BCUT2D eigenvalue weighted by molar-refractivity contribution is -0.121. The molecule has 0 fully saturated rings. The van der Waals surface area contributed by atoms with Crippen LogP contribution < -0.4 is 9.80 Å². The number of fused-ring (bicyclic) bond motifs is 2. The summed E-state index contributed by atoms with van der Waals surface area (Å²) in [6.45, 7) is 4.67. The molecule has 0 spiro atoms. The van der Waals surface area contributed by atoms with Crippen LogP contribution in [0.25, 0.3) is 0 Å². The molecule has 0 aromatic heterocycles. The number of carbonyl (C=O) groups excluding carboxylic acids is 2. The summed E-state index contributed by atoms with van der Waals surface area (Å²) in [4.78, 5) is 29.0. The fourth-order valence-corrected chi connectivity index (χ4v) is 4.19. The van der Waals surface area contributed by atoms with Crippen molar-refractivity contribution in [1.29, 1.82) is 0 Å². The molecule has 134 valence electrons. The van der Waals surface area contributed by atoms with Crippen molar-refractivity contribution in [2.45, 2.75) is 38.5 Å². The first kappa shape index (κ1) is 16.8. The van der Waals surface area contributed by atoms with Gasteiger partial charge in [0.2, 0.25) is 11.8 Å². The maximum atomic E-state index is 13.0. The van der Waals surface area contributed by atoms with Crippen molar-refractivity contribution in [3.8, 4) is 0 Å². The van der Waals surface area contributed by atoms with E-state index in [0.717, 1.165) is 41.9 Å². The molecule has 4 heteroatoms. The Bertz CT molecular complexity index is 901. The van der Waals surface area contributed by atoms with E-state index < -0.39 is 5.41 Å². The lowest BCUT2D eigenvalue weighted by Gasteiger charge is -2.29. The summed E-state index contributed by atoms with van der Waals surface area (Å²) in [6, 6.07) is 14.1. The number of aryl methyl sites for hydroxylation is 1. The van der Waals surface area contributed by atoms with Crippen LogP contribution in [0, 0.1) is 0 Å². The maximum Gasteiger partial charge on any atom is 0.236 e. The number of para-hydroxylation sites is 1. The number of carbonyl (C=O) groups is 2. The fraction of sp³-hybridized carbons (Fsp3) is 0.364. The zero-order valence-corrected chi connectivity index (χ0v) is 15.6. The van der Waals surface area contributed by atoms with E-state index in [0.29, 0.717) is 6.42 Å². The van der Waals surface area contributed by atoms with E-state index in [1.54, 1.807) is 4.90 Å². The number of benzene rings is 2. The Balaban J connectivity index is 1.61. The van der Waals surface area contributed by atoms with E-state index in [1.165, 1.54) is 5.56 Å². The van der Waals surface area contributed by atoms with Crippen molar-refractivity contribution in [3.05, 3.63) is 59.2 Å². The average molecular weight is 348 g/mol. The van der Waals surface area contributed by atoms with Gasteiger partial charge in [-0.05, 0) is 55.5 Å². The summed E-state index contributed by atoms with van der Waals surface area (Å²) >= 11 is 0. The molecule has 0 unspecified atom stereocenters. The van der Waals surface area contributed by atoms with Crippen molar-refractivity contribution in [2.75, 3.05) is 23.4 Å². The van der Waals surface area contributed by atoms with Crippen LogP contribution >= 0.6 is 0 Å². The van der Waals surface area contributed by atoms with Gasteiger partial charge in [0.25, 0.3) is 0 Å². The van der Waals surface area contributed by atoms with Gasteiger partial charge in [-0.15, -0.1) is 0 Å². The van der Waals surface area contributed by atoms with Crippen molar-refractivity contribution < 1.29 is 9.59 Å². The Labute approximate surface area is 154 Å². The van der Waals surface area contributed by atoms with Gasteiger partial charge in [-0.3, -0.25) is 9.59 Å². The highest BCUT2D eigenvalue weighted by molar-refractivity contribution is 6.07. The molecule has 0 bridgehead atoms. The van der Waals surface area contributed by atoms with Crippen molar-refractivity contribution in [1.82, 2.24) is 0 Å². The van der Waals surface area contributed by atoms with Gasteiger partial charge in [-0.2, -0.15) is 0 Å². The Kier molecular flexibility index (Phi) is 3.87. The van der Waals surface area contributed by atoms with Crippen LogP contribution in [0.1, 0.15) is 37.0 Å². The summed E-state index contributed by atoms with van der Waals surface area (Å²) in [7, 11) is 1.81.